The van der Waals surface area contributed by atoms with Crippen LogP contribution in [0.3, 0.4) is 0 Å². The number of carboxylic acids is 1. The largest absolute Gasteiger partial charge is 0.480 e. The number of hydrogen-bond acceptors (Lipinski definition) is 6. The summed E-state index contributed by atoms with van der Waals surface area (Å²) in [4.78, 5) is 46.3. The van der Waals surface area contributed by atoms with E-state index in [-0.39, 0.29) is 52.6 Å². The van der Waals surface area contributed by atoms with Crippen LogP contribution >= 0.6 is 23.2 Å². The van der Waals surface area contributed by atoms with Gasteiger partial charge in [-0.1, -0.05) is 48.4 Å². The van der Waals surface area contributed by atoms with Gasteiger partial charge in [0.05, 0.1) is 22.2 Å². The van der Waals surface area contributed by atoms with Gasteiger partial charge in [0.2, 0.25) is 5.96 Å². The zero-order valence-electron chi connectivity index (χ0n) is 22.8. The zero-order chi connectivity index (χ0) is 30.0. The highest BCUT2D eigenvalue weighted by molar-refractivity contribution is 6.40. The van der Waals surface area contributed by atoms with Crippen LogP contribution < -0.4 is 10.6 Å². The molecule has 0 saturated carbocycles. The molecule has 5 rings (SSSR count). The number of fused-ring (bicyclic) bond motifs is 2. The first-order valence-electron chi connectivity index (χ1n) is 13.7. The number of carbonyl (C=O) groups excluding carboxylic acids is 2. The van der Waals surface area contributed by atoms with Crippen LogP contribution in [0, 0.1) is 23.3 Å². The monoisotopic (exact) mass is 612 g/mol. The molecule has 3 N–H and O–H groups in total. The van der Waals surface area contributed by atoms with Crippen molar-refractivity contribution in [1.82, 2.24) is 20.4 Å². The van der Waals surface area contributed by atoms with Gasteiger partial charge in [0, 0.05) is 32.1 Å². The molecule has 1 fully saturated rings. The first-order chi connectivity index (χ1) is 20.2. The van der Waals surface area contributed by atoms with Gasteiger partial charge in [-0.2, -0.15) is 5.26 Å². The Morgan fingerprint density at radius 1 is 1.24 bits per heavy atom. The molecular formula is C29H30Cl2N6O5. The molecule has 13 heteroatoms. The van der Waals surface area contributed by atoms with Crippen molar-refractivity contribution in [3.63, 3.8) is 0 Å². The highest BCUT2D eigenvalue weighted by Gasteiger charge is 2.35. The minimum absolute atomic E-state index is 0.0226. The summed E-state index contributed by atoms with van der Waals surface area (Å²) in [7, 11) is 0. The third kappa shape index (κ3) is 6.10. The average molecular weight is 614 g/mol. The number of amides is 2. The molecule has 4 atom stereocenters. The van der Waals surface area contributed by atoms with Crippen molar-refractivity contribution >= 4 is 46.9 Å². The Kier molecular flexibility index (Phi) is 8.75. The van der Waals surface area contributed by atoms with Gasteiger partial charge >= 0.3 is 5.97 Å². The molecule has 3 heterocycles. The second-order valence-corrected chi connectivity index (χ2v) is 11.5. The van der Waals surface area contributed by atoms with Gasteiger partial charge in [-0.25, -0.2) is 9.79 Å². The van der Waals surface area contributed by atoms with Crippen molar-refractivity contribution in [3.05, 3.63) is 68.9 Å². The van der Waals surface area contributed by atoms with Crippen molar-refractivity contribution in [1.29, 1.82) is 5.26 Å². The molecule has 2 unspecified atom stereocenters. The van der Waals surface area contributed by atoms with Crippen LogP contribution in [0.15, 0.2) is 47.2 Å². The lowest BCUT2D eigenvalue weighted by Crippen LogP contribution is -2.45. The minimum Gasteiger partial charge on any atom is -0.480 e. The third-order valence-corrected chi connectivity index (χ3v) is 8.49. The Morgan fingerprint density at radius 3 is 2.71 bits per heavy atom. The number of allylic oxidation sites excluding steroid dienone is 2. The Labute approximate surface area is 253 Å². The zero-order valence-corrected chi connectivity index (χ0v) is 24.4. The lowest BCUT2D eigenvalue weighted by molar-refractivity contribution is -0.139. The van der Waals surface area contributed by atoms with Crippen LogP contribution in [-0.4, -0.2) is 77.0 Å². The Hall–Kier alpha value is -4.01. The van der Waals surface area contributed by atoms with Gasteiger partial charge in [0.15, 0.2) is 12.0 Å². The van der Waals surface area contributed by atoms with Crippen molar-refractivity contribution < 1.29 is 24.2 Å². The number of ether oxygens (including phenoxy) is 1. The van der Waals surface area contributed by atoms with Crippen LogP contribution in [0.4, 0.5) is 0 Å². The predicted octanol–water partition coefficient (Wildman–Crippen LogP) is 2.85. The van der Waals surface area contributed by atoms with Crippen molar-refractivity contribution in [2.45, 2.75) is 38.5 Å². The van der Waals surface area contributed by atoms with Crippen LogP contribution in [0.5, 0.6) is 0 Å². The van der Waals surface area contributed by atoms with Gasteiger partial charge in [-0.15, -0.1) is 0 Å². The van der Waals surface area contributed by atoms with Gasteiger partial charge in [-0.3, -0.25) is 14.9 Å². The molecule has 4 aliphatic rings. The van der Waals surface area contributed by atoms with E-state index in [1.165, 1.54) is 0 Å². The number of nitrogens with zero attached hydrogens (tertiary/aromatic N) is 4. The fraction of sp³-hybridized carbons (Fsp3) is 0.414. The van der Waals surface area contributed by atoms with E-state index >= 15 is 0 Å². The van der Waals surface area contributed by atoms with E-state index < -0.39 is 17.9 Å². The van der Waals surface area contributed by atoms with Gasteiger partial charge < -0.3 is 25.0 Å². The topological polar surface area (TPSA) is 147 Å². The van der Waals surface area contributed by atoms with E-state index in [0.29, 0.717) is 48.9 Å². The SMILES string of the molecule is C[C@H]1CCN(C(=NC[C@H](NC(=O)c2c(Cl)cc3c(c2Cl)CCN(C(=O)C2=CC4C=CC=CC4O2)C3)C(=O)O)NC#N)C1. The number of nitriles is 1. The van der Waals surface area contributed by atoms with E-state index in [4.69, 9.17) is 33.2 Å². The number of carboxylic acid groups (broad SMARTS) is 1. The number of benzene rings is 1. The predicted molar refractivity (Wildman–Crippen MR) is 156 cm³/mol. The second-order valence-electron chi connectivity index (χ2n) is 10.7. The van der Waals surface area contributed by atoms with E-state index in [1.54, 1.807) is 11.0 Å². The molecule has 0 spiro atoms. The maximum atomic E-state index is 13.3. The summed E-state index contributed by atoms with van der Waals surface area (Å²) in [6.07, 6.45) is 12.5. The van der Waals surface area contributed by atoms with Crippen molar-refractivity contribution in [2.24, 2.45) is 16.8 Å². The molecule has 0 aromatic heterocycles. The molecule has 1 aliphatic carbocycles. The molecule has 1 aromatic carbocycles. The van der Waals surface area contributed by atoms with E-state index in [0.717, 1.165) is 6.42 Å². The fourth-order valence-corrected chi connectivity index (χ4v) is 6.30. The number of nitrogens with one attached hydrogen (secondary N) is 2. The number of likely N-dealkylation sites (tertiary alicyclic amines) is 1. The number of guanidine groups is 1. The average Bonchev–Trinajstić information content (AvgIpc) is 3.60. The molecular weight excluding hydrogens is 583 g/mol. The van der Waals surface area contributed by atoms with Crippen LogP contribution in [0.2, 0.25) is 10.0 Å². The molecule has 0 bridgehead atoms. The second kappa shape index (κ2) is 12.5. The summed E-state index contributed by atoms with van der Waals surface area (Å²) in [6, 6.07) is 0.196. The number of hydrogen-bond donors (Lipinski definition) is 3. The number of rotatable bonds is 6. The van der Waals surface area contributed by atoms with E-state index in [1.807, 2.05) is 41.5 Å². The number of aliphatic carboxylic acids is 1. The third-order valence-electron chi connectivity index (χ3n) is 7.78. The maximum absolute atomic E-state index is 13.3. The first kappa shape index (κ1) is 29.5. The normalized spacial score (nSPS) is 23.3. The summed E-state index contributed by atoms with van der Waals surface area (Å²) in [5, 5.41) is 24.0. The van der Waals surface area contributed by atoms with Gasteiger partial charge in [-0.05, 0) is 48.1 Å². The van der Waals surface area contributed by atoms with Gasteiger partial charge in [0.25, 0.3) is 11.8 Å². The number of carbonyl (C=O) groups is 3. The molecule has 1 saturated heterocycles. The number of halogens is 2. The fourth-order valence-electron chi connectivity index (χ4n) is 5.53. The van der Waals surface area contributed by atoms with E-state index in [2.05, 4.69) is 22.5 Å². The Morgan fingerprint density at radius 2 is 2.02 bits per heavy atom. The van der Waals surface area contributed by atoms with Crippen LogP contribution in [0.1, 0.15) is 34.8 Å². The standard InChI is InChI=1S/C29H30Cl2N6O5/c1-16-6-8-37(13-16)29(34-15-32)33-12-21(28(40)41)35-26(38)24-20(30)10-18-14-36(9-7-19(18)25(24)31)27(39)23-11-17-4-2-3-5-22(17)42-23/h2-5,10-11,16-17,21-22H,6-9,12-14H2,1H3,(H,33,34)(H,35,38)(H,40,41)/t16-,17?,21-,22?/m0/s1. The van der Waals surface area contributed by atoms with Crippen molar-refractivity contribution in [3.8, 4) is 6.19 Å². The first-order valence-corrected chi connectivity index (χ1v) is 14.4. The molecule has 3 aliphatic heterocycles. The van der Waals surface area contributed by atoms with Gasteiger partial charge in [0.1, 0.15) is 12.1 Å². The highest BCUT2D eigenvalue weighted by Crippen LogP contribution is 2.36. The smallest absolute Gasteiger partial charge is 0.328 e. The molecule has 1 aromatic rings. The van der Waals surface area contributed by atoms with Crippen LogP contribution in [0.25, 0.3) is 0 Å². The Balaban J connectivity index is 1.29. The van der Waals surface area contributed by atoms with E-state index in [9.17, 15) is 19.5 Å². The van der Waals surface area contributed by atoms with Crippen LogP contribution in [-0.2, 0) is 27.3 Å². The summed E-state index contributed by atoms with van der Waals surface area (Å²) in [5.41, 5.74) is 1.33. The molecule has 220 valence electrons. The Bertz CT molecular complexity index is 1460. The molecule has 42 heavy (non-hydrogen) atoms. The summed E-state index contributed by atoms with van der Waals surface area (Å²) in [5.74, 6) is -1.29. The lowest BCUT2D eigenvalue weighted by atomic mass is 9.96. The number of aliphatic imine (C=N–C) groups is 1. The summed E-state index contributed by atoms with van der Waals surface area (Å²) in [6.45, 7) is 3.72. The lowest BCUT2D eigenvalue weighted by Gasteiger charge is -2.30. The maximum Gasteiger partial charge on any atom is 0.328 e. The minimum atomic E-state index is -1.39. The molecule has 2 amide bonds. The molecule has 0 radical (unpaired) electrons. The summed E-state index contributed by atoms with van der Waals surface area (Å²) >= 11 is 13.2. The summed E-state index contributed by atoms with van der Waals surface area (Å²) < 4.78 is 5.85. The quantitative estimate of drug-likeness (QED) is 0.192. The molecule has 11 nitrogen and oxygen atoms in total. The van der Waals surface area contributed by atoms with Crippen molar-refractivity contribution in [2.75, 3.05) is 26.2 Å². The highest BCUT2D eigenvalue weighted by atomic mass is 35.5.